The second-order valence-electron chi connectivity index (χ2n) is 11.1. The number of carbonyl (C=O) groups excluding carboxylic acids is 4. The third-order valence-electron chi connectivity index (χ3n) is 7.99. The first kappa shape index (κ1) is 33.3. The fraction of sp³-hybridized carbons (Fsp3) is 0.455. The van der Waals surface area contributed by atoms with Crippen molar-refractivity contribution in [3.63, 3.8) is 0 Å². The van der Waals surface area contributed by atoms with E-state index in [1.807, 2.05) is 42.5 Å². The smallest absolute Gasteiger partial charge is 0.407 e. The van der Waals surface area contributed by atoms with Crippen molar-refractivity contribution in [3.05, 3.63) is 78.4 Å². The standard InChI is InChI=1S/C33H44N6O6/c1-4-21-45-33(43)34-19-10-14-28-31(41)37(20-9-8-13-25-11-6-5-7-12-25)23-29-38(28)30(40)24-36(2)39(29)32(42)35-22-26-15-17-27(44-3)18-16-26/h4-7,11-12,15-18,28-29H,1,8-10,13-14,19-24H2,2-3H3,(H,34,43)(H,35,42)/t28-,29-/m0/s1. The highest BCUT2D eigenvalue weighted by atomic mass is 16.5. The van der Waals surface area contributed by atoms with Gasteiger partial charge in [0.25, 0.3) is 0 Å². The first-order chi connectivity index (χ1) is 21.8. The molecule has 2 aliphatic rings. The van der Waals surface area contributed by atoms with E-state index in [1.165, 1.54) is 11.6 Å². The number of carbonyl (C=O) groups is 4. The molecule has 0 aliphatic carbocycles. The van der Waals surface area contributed by atoms with Crippen LogP contribution < -0.4 is 15.4 Å². The number of hydrazine groups is 1. The van der Waals surface area contributed by atoms with Crippen molar-refractivity contribution in [2.75, 3.05) is 46.9 Å². The van der Waals surface area contributed by atoms with Gasteiger partial charge in [-0.15, -0.1) is 0 Å². The molecule has 4 rings (SSSR count). The van der Waals surface area contributed by atoms with Gasteiger partial charge >= 0.3 is 12.1 Å². The highest BCUT2D eigenvalue weighted by molar-refractivity contribution is 5.91. The van der Waals surface area contributed by atoms with Crippen LogP contribution in [0.15, 0.2) is 67.3 Å². The van der Waals surface area contributed by atoms with Crippen molar-refractivity contribution in [3.8, 4) is 5.75 Å². The Labute approximate surface area is 264 Å². The summed E-state index contributed by atoms with van der Waals surface area (Å²) in [5, 5.41) is 8.80. The summed E-state index contributed by atoms with van der Waals surface area (Å²) in [6.07, 6.45) is 3.58. The molecule has 2 heterocycles. The maximum Gasteiger partial charge on any atom is 0.407 e. The summed E-state index contributed by atoms with van der Waals surface area (Å²) in [7, 11) is 3.30. The fourth-order valence-corrected chi connectivity index (χ4v) is 5.73. The van der Waals surface area contributed by atoms with Crippen molar-refractivity contribution < 1.29 is 28.7 Å². The Hall–Kier alpha value is -4.58. The van der Waals surface area contributed by atoms with Crippen molar-refractivity contribution >= 4 is 23.9 Å². The van der Waals surface area contributed by atoms with Gasteiger partial charge in [-0.25, -0.2) is 19.6 Å². The van der Waals surface area contributed by atoms with Gasteiger partial charge in [0.1, 0.15) is 24.6 Å². The third-order valence-corrected chi connectivity index (χ3v) is 7.99. The number of rotatable bonds is 14. The summed E-state index contributed by atoms with van der Waals surface area (Å²) >= 11 is 0. The Morgan fingerprint density at radius 3 is 2.47 bits per heavy atom. The normalized spacial score (nSPS) is 18.3. The summed E-state index contributed by atoms with van der Waals surface area (Å²) in [5.41, 5.74) is 2.14. The van der Waals surface area contributed by atoms with Crippen molar-refractivity contribution in [2.45, 2.75) is 50.9 Å². The van der Waals surface area contributed by atoms with E-state index >= 15 is 0 Å². The second kappa shape index (κ2) is 16.5. The molecule has 2 N–H and O–H groups in total. The minimum Gasteiger partial charge on any atom is -0.497 e. The fourth-order valence-electron chi connectivity index (χ4n) is 5.73. The van der Waals surface area contributed by atoms with Gasteiger partial charge in [-0.05, 0) is 55.4 Å². The van der Waals surface area contributed by atoms with E-state index in [0.29, 0.717) is 19.4 Å². The first-order valence-corrected chi connectivity index (χ1v) is 15.4. The number of fused-ring (bicyclic) bond motifs is 1. The minimum atomic E-state index is -0.762. The molecule has 2 aliphatic heterocycles. The molecule has 12 nitrogen and oxygen atoms in total. The van der Waals surface area contributed by atoms with E-state index in [0.717, 1.165) is 30.6 Å². The monoisotopic (exact) mass is 620 g/mol. The number of benzene rings is 2. The van der Waals surface area contributed by atoms with Crippen LogP contribution in [0.5, 0.6) is 5.75 Å². The van der Waals surface area contributed by atoms with E-state index in [9.17, 15) is 19.2 Å². The Morgan fingerprint density at radius 2 is 1.76 bits per heavy atom. The molecular weight excluding hydrogens is 576 g/mol. The lowest BCUT2D eigenvalue weighted by molar-refractivity contribution is -0.187. The number of unbranched alkanes of at least 4 members (excludes halogenated alkanes) is 1. The van der Waals surface area contributed by atoms with Crippen LogP contribution in [0.25, 0.3) is 0 Å². The summed E-state index contributed by atoms with van der Waals surface area (Å²) in [6, 6.07) is 16.5. The average Bonchev–Trinajstić information content (AvgIpc) is 3.04. The molecule has 45 heavy (non-hydrogen) atoms. The number of piperazine rings is 1. The van der Waals surface area contributed by atoms with Crippen LogP contribution in [0, 0.1) is 0 Å². The summed E-state index contributed by atoms with van der Waals surface area (Å²) < 4.78 is 10.2. The Morgan fingerprint density at radius 1 is 1.00 bits per heavy atom. The second-order valence-corrected chi connectivity index (χ2v) is 11.1. The number of nitrogens with zero attached hydrogens (tertiary/aromatic N) is 4. The number of urea groups is 1. The van der Waals surface area contributed by atoms with Gasteiger partial charge in [-0.2, -0.15) is 0 Å². The van der Waals surface area contributed by atoms with Crippen LogP contribution >= 0.6 is 0 Å². The van der Waals surface area contributed by atoms with Crippen molar-refractivity contribution in [1.82, 2.24) is 30.5 Å². The molecule has 5 amide bonds. The number of likely N-dealkylation sites (N-methyl/N-ethyl adjacent to an activating group) is 1. The van der Waals surface area contributed by atoms with Gasteiger partial charge in [0.15, 0.2) is 0 Å². The Kier molecular flexibility index (Phi) is 12.2. The Bertz CT molecular complexity index is 1310. The van der Waals surface area contributed by atoms with E-state index in [2.05, 4.69) is 29.3 Å². The highest BCUT2D eigenvalue weighted by Gasteiger charge is 2.50. The summed E-state index contributed by atoms with van der Waals surface area (Å²) in [4.78, 5) is 56.1. The zero-order valence-electron chi connectivity index (χ0n) is 26.2. The quantitative estimate of drug-likeness (QED) is 0.246. The van der Waals surface area contributed by atoms with Gasteiger partial charge in [-0.1, -0.05) is 55.1 Å². The number of aryl methyl sites for hydroxylation is 1. The van der Waals surface area contributed by atoms with Gasteiger partial charge in [-0.3, -0.25) is 9.59 Å². The maximum atomic E-state index is 13.8. The molecule has 2 saturated heterocycles. The molecule has 2 aromatic carbocycles. The number of ether oxygens (including phenoxy) is 2. The molecule has 0 bridgehead atoms. The van der Waals surface area contributed by atoms with E-state index in [-0.39, 0.29) is 50.6 Å². The predicted octanol–water partition coefficient (Wildman–Crippen LogP) is 3.15. The molecule has 0 spiro atoms. The number of hydrogen-bond donors (Lipinski definition) is 2. The molecule has 12 heteroatoms. The van der Waals surface area contributed by atoms with E-state index in [4.69, 9.17) is 9.47 Å². The SMILES string of the molecule is C=CCOC(=O)NCCC[C@H]1C(=O)N(CCCCc2ccccc2)C[C@H]2N1C(=O)CN(C)N2C(=O)NCc1ccc(OC)cc1. The average molecular weight is 621 g/mol. The van der Waals surface area contributed by atoms with Gasteiger partial charge < -0.3 is 29.9 Å². The van der Waals surface area contributed by atoms with E-state index in [1.54, 1.807) is 34.0 Å². The molecule has 0 saturated carbocycles. The van der Waals surface area contributed by atoms with Crippen molar-refractivity contribution in [1.29, 1.82) is 0 Å². The lowest BCUT2D eigenvalue weighted by Gasteiger charge is -2.54. The molecule has 2 atom stereocenters. The molecule has 0 unspecified atom stereocenters. The van der Waals surface area contributed by atoms with Gasteiger partial charge in [0.05, 0.1) is 20.2 Å². The zero-order chi connectivity index (χ0) is 32.2. The molecule has 2 aromatic rings. The lowest BCUT2D eigenvalue weighted by Crippen LogP contribution is -2.76. The topological polar surface area (TPSA) is 124 Å². The van der Waals surface area contributed by atoms with E-state index < -0.39 is 18.3 Å². The number of alkyl carbamates (subject to hydrolysis) is 1. The zero-order valence-corrected chi connectivity index (χ0v) is 26.2. The van der Waals surface area contributed by atoms with Gasteiger partial charge in [0.2, 0.25) is 11.8 Å². The van der Waals surface area contributed by atoms with Crippen LogP contribution in [0.2, 0.25) is 0 Å². The van der Waals surface area contributed by atoms with Crippen LogP contribution in [-0.2, 0) is 27.3 Å². The van der Waals surface area contributed by atoms with Crippen LogP contribution in [0.3, 0.4) is 0 Å². The molecular formula is C33H44N6O6. The molecule has 242 valence electrons. The molecule has 2 fully saturated rings. The molecule has 0 radical (unpaired) electrons. The highest BCUT2D eigenvalue weighted by Crippen LogP contribution is 2.28. The molecule has 0 aromatic heterocycles. The number of amides is 5. The number of nitrogens with one attached hydrogen (secondary N) is 2. The largest absolute Gasteiger partial charge is 0.497 e. The Balaban J connectivity index is 1.46. The van der Waals surface area contributed by atoms with Crippen LogP contribution in [0.1, 0.15) is 36.8 Å². The maximum absolute atomic E-state index is 13.8. The number of methoxy groups -OCH3 is 1. The predicted molar refractivity (Wildman–Crippen MR) is 169 cm³/mol. The van der Waals surface area contributed by atoms with Crippen LogP contribution in [0.4, 0.5) is 9.59 Å². The van der Waals surface area contributed by atoms with Crippen LogP contribution in [-0.4, -0.2) is 103 Å². The summed E-state index contributed by atoms with van der Waals surface area (Å²) in [5.74, 6) is 0.361. The summed E-state index contributed by atoms with van der Waals surface area (Å²) in [6.45, 7) is 4.86. The number of hydrogen-bond acceptors (Lipinski definition) is 7. The van der Waals surface area contributed by atoms with Gasteiger partial charge in [0, 0.05) is 26.7 Å². The lowest BCUT2D eigenvalue weighted by atomic mass is 10.0. The van der Waals surface area contributed by atoms with Crippen molar-refractivity contribution in [2.24, 2.45) is 0 Å². The third kappa shape index (κ3) is 8.98. The first-order valence-electron chi connectivity index (χ1n) is 15.4. The minimum absolute atomic E-state index is 0.0422.